The second-order valence-corrected chi connectivity index (χ2v) is 11.9. The maximum absolute atomic E-state index is 14.9. The number of nitrogens with one attached hydrogen (secondary N) is 2. The molecule has 4 N–H and O–H groups in total. The van der Waals surface area contributed by atoms with E-state index in [4.69, 9.17) is 5.73 Å². The summed E-state index contributed by atoms with van der Waals surface area (Å²) in [6, 6.07) is 19.7. The molecule has 3 aromatic carbocycles. The van der Waals surface area contributed by atoms with Crippen LogP contribution in [0, 0.1) is 5.82 Å². The number of hydrogen-bond donors (Lipinski definition) is 3. The molecule has 1 fully saturated rings. The van der Waals surface area contributed by atoms with E-state index in [1.165, 1.54) is 25.9 Å². The Morgan fingerprint density at radius 3 is 2.60 bits per heavy atom. The SMILES string of the molecule is C=C/C(=C\C(=C/C)c1ccc(N)c(C(=C)c2cc3c(-c4cc(F)cc(CCCN5CCCC5)c4)cccc3[nH]2)c1)NC(=C)CC. The topological polar surface area (TPSA) is 57.1 Å². The van der Waals surface area contributed by atoms with Gasteiger partial charge in [0.1, 0.15) is 5.82 Å². The molecule has 1 aliphatic heterocycles. The number of nitrogens with zero attached hydrogens (tertiary/aromatic N) is 1. The molecule has 0 amide bonds. The van der Waals surface area contributed by atoms with Crippen molar-refractivity contribution in [3.8, 4) is 11.1 Å². The van der Waals surface area contributed by atoms with Crippen LogP contribution in [0.3, 0.4) is 0 Å². The van der Waals surface area contributed by atoms with E-state index in [1.807, 2.05) is 31.2 Å². The van der Waals surface area contributed by atoms with Gasteiger partial charge in [-0.3, -0.25) is 0 Å². The van der Waals surface area contributed by atoms with Gasteiger partial charge in [-0.15, -0.1) is 0 Å². The van der Waals surface area contributed by atoms with Crippen LogP contribution >= 0.6 is 0 Å². The van der Waals surface area contributed by atoms with Crippen LogP contribution < -0.4 is 11.1 Å². The highest BCUT2D eigenvalue weighted by Crippen LogP contribution is 2.35. The van der Waals surface area contributed by atoms with Crippen LogP contribution in [0.15, 0.2) is 110 Å². The summed E-state index contributed by atoms with van der Waals surface area (Å²) in [5, 5.41) is 4.34. The minimum Gasteiger partial charge on any atom is -0.398 e. The first kappa shape index (κ1) is 31.8. The van der Waals surface area contributed by atoms with Crippen molar-refractivity contribution in [3.05, 3.63) is 138 Å². The Bertz CT molecular complexity index is 1780. The number of H-pyrrole nitrogens is 1. The molecule has 4 aromatic rings. The van der Waals surface area contributed by atoms with Crippen LogP contribution in [0.1, 0.15) is 61.9 Å². The molecule has 0 bridgehead atoms. The van der Waals surface area contributed by atoms with E-state index in [1.54, 1.807) is 18.2 Å². The molecule has 0 unspecified atom stereocenters. The number of benzene rings is 3. The van der Waals surface area contributed by atoms with Gasteiger partial charge < -0.3 is 20.9 Å². The number of aromatic nitrogens is 1. The summed E-state index contributed by atoms with van der Waals surface area (Å²) in [5.41, 5.74) is 17.4. The fourth-order valence-electron chi connectivity index (χ4n) is 6.11. The van der Waals surface area contributed by atoms with E-state index in [2.05, 4.69) is 78.3 Å². The van der Waals surface area contributed by atoms with E-state index >= 15 is 0 Å². The number of hydrogen-bond acceptors (Lipinski definition) is 3. The average molecular weight is 601 g/mol. The lowest BCUT2D eigenvalue weighted by Gasteiger charge is -2.14. The van der Waals surface area contributed by atoms with Crippen LogP contribution in [0.2, 0.25) is 0 Å². The van der Waals surface area contributed by atoms with Gasteiger partial charge >= 0.3 is 0 Å². The van der Waals surface area contributed by atoms with E-state index in [9.17, 15) is 4.39 Å². The summed E-state index contributed by atoms with van der Waals surface area (Å²) in [7, 11) is 0. The first-order valence-corrected chi connectivity index (χ1v) is 16.0. The molecule has 1 aromatic heterocycles. The number of allylic oxidation sites excluding steroid dienone is 5. The first-order valence-electron chi connectivity index (χ1n) is 16.0. The third-order valence-corrected chi connectivity index (χ3v) is 8.70. The Morgan fingerprint density at radius 2 is 1.87 bits per heavy atom. The Morgan fingerprint density at radius 1 is 1.07 bits per heavy atom. The van der Waals surface area contributed by atoms with Crippen LogP contribution in [-0.2, 0) is 6.42 Å². The van der Waals surface area contributed by atoms with Gasteiger partial charge in [-0.05, 0) is 135 Å². The summed E-state index contributed by atoms with van der Waals surface area (Å²) in [5.74, 6) is -0.201. The zero-order chi connectivity index (χ0) is 31.9. The molecule has 232 valence electrons. The number of rotatable bonds is 13. The van der Waals surface area contributed by atoms with Crippen molar-refractivity contribution in [3.63, 3.8) is 0 Å². The summed E-state index contributed by atoms with van der Waals surface area (Å²) < 4.78 is 14.9. The fraction of sp³-hybridized carbons (Fsp3) is 0.250. The Hall–Kier alpha value is -4.61. The van der Waals surface area contributed by atoms with E-state index in [-0.39, 0.29) is 5.82 Å². The number of aryl methyl sites for hydroxylation is 1. The van der Waals surface area contributed by atoms with E-state index < -0.39 is 0 Å². The second kappa shape index (κ2) is 14.4. The van der Waals surface area contributed by atoms with Crippen LogP contribution in [0.4, 0.5) is 10.1 Å². The van der Waals surface area contributed by atoms with E-state index in [0.717, 1.165) is 92.8 Å². The van der Waals surface area contributed by atoms with Crippen molar-refractivity contribution in [2.45, 2.75) is 46.0 Å². The van der Waals surface area contributed by atoms with Gasteiger partial charge in [0.25, 0.3) is 0 Å². The third-order valence-electron chi connectivity index (χ3n) is 8.70. The Balaban J connectivity index is 1.43. The van der Waals surface area contributed by atoms with Crippen LogP contribution in [0.25, 0.3) is 33.2 Å². The normalized spacial score (nSPS) is 14.2. The van der Waals surface area contributed by atoms with Gasteiger partial charge in [0, 0.05) is 44.8 Å². The zero-order valence-electron chi connectivity index (χ0n) is 26.7. The number of likely N-dealkylation sites (tertiary alicyclic amines) is 1. The smallest absolute Gasteiger partial charge is 0.124 e. The lowest BCUT2D eigenvalue weighted by atomic mass is 9.95. The van der Waals surface area contributed by atoms with Gasteiger partial charge in [0.05, 0.1) is 0 Å². The van der Waals surface area contributed by atoms with Crippen molar-refractivity contribution in [1.82, 2.24) is 15.2 Å². The molecule has 45 heavy (non-hydrogen) atoms. The first-order chi connectivity index (χ1) is 21.8. The molecule has 0 saturated carbocycles. The maximum atomic E-state index is 14.9. The standard InChI is InChI=1S/C40H45FN4/c1-6-27(4)43-34(8-3)24-30(7-2)31-16-17-38(42)36(25-31)28(5)40-26-37-35(14-11-15-39(37)44-40)32-21-29(22-33(41)23-32)13-12-20-45-18-9-10-19-45/h7-8,11,14-17,21-26,43-44H,3-6,9-10,12-13,18-20,42H2,1-2H3/b30-7+,34-24+. The zero-order valence-corrected chi connectivity index (χ0v) is 26.7. The number of fused-ring (bicyclic) bond motifs is 1. The summed E-state index contributed by atoms with van der Waals surface area (Å²) >= 11 is 0. The third kappa shape index (κ3) is 7.55. The number of nitrogens with two attached hydrogens (primary N) is 1. The van der Waals surface area contributed by atoms with Gasteiger partial charge in [0.2, 0.25) is 0 Å². The van der Waals surface area contributed by atoms with Gasteiger partial charge in [-0.25, -0.2) is 4.39 Å². The monoisotopic (exact) mass is 600 g/mol. The molecule has 0 atom stereocenters. The lowest BCUT2D eigenvalue weighted by Crippen LogP contribution is -2.20. The Kier molecular flexibility index (Phi) is 10.2. The number of halogens is 1. The summed E-state index contributed by atoms with van der Waals surface area (Å²) in [6.07, 6.45) is 11.2. The predicted octanol–water partition coefficient (Wildman–Crippen LogP) is 9.63. The van der Waals surface area contributed by atoms with Gasteiger partial charge in [-0.2, -0.15) is 0 Å². The van der Waals surface area contributed by atoms with Crippen LogP contribution in [0.5, 0.6) is 0 Å². The molecular formula is C40H45FN4. The van der Waals surface area contributed by atoms with Crippen molar-refractivity contribution < 1.29 is 4.39 Å². The number of anilines is 1. The molecule has 5 rings (SSSR count). The average Bonchev–Trinajstić information content (AvgIpc) is 3.73. The van der Waals surface area contributed by atoms with Gasteiger partial charge in [-0.1, -0.05) is 57.0 Å². The molecule has 2 heterocycles. The second-order valence-electron chi connectivity index (χ2n) is 11.9. The highest BCUT2D eigenvalue weighted by molar-refractivity contribution is 5.99. The Labute approximate surface area is 267 Å². The fourth-order valence-corrected chi connectivity index (χ4v) is 6.11. The minimum atomic E-state index is -0.201. The largest absolute Gasteiger partial charge is 0.398 e. The minimum absolute atomic E-state index is 0.201. The van der Waals surface area contributed by atoms with Gasteiger partial charge in [0.15, 0.2) is 0 Å². The molecule has 1 aliphatic rings. The molecule has 0 spiro atoms. The number of nitrogen functional groups attached to an aromatic ring is 1. The lowest BCUT2D eigenvalue weighted by molar-refractivity contribution is 0.334. The molecule has 4 nitrogen and oxygen atoms in total. The van der Waals surface area contributed by atoms with Crippen LogP contribution in [-0.4, -0.2) is 29.5 Å². The van der Waals surface area contributed by atoms with Crippen molar-refractivity contribution in [2.24, 2.45) is 0 Å². The summed E-state index contributed by atoms with van der Waals surface area (Å²) in [6.45, 7) is 20.0. The van der Waals surface area contributed by atoms with E-state index in [0.29, 0.717) is 5.69 Å². The molecule has 1 saturated heterocycles. The molecule has 0 aliphatic carbocycles. The highest BCUT2D eigenvalue weighted by Gasteiger charge is 2.15. The highest BCUT2D eigenvalue weighted by atomic mass is 19.1. The van der Waals surface area contributed by atoms with Crippen molar-refractivity contribution in [1.29, 1.82) is 0 Å². The molecule has 5 heteroatoms. The molecular weight excluding hydrogens is 555 g/mol. The number of aromatic amines is 1. The quantitative estimate of drug-likeness (QED) is 0.106. The predicted molar refractivity (Wildman–Crippen MR) is 191 cm³/mol. The molecule has 0 radical (unpaired) electrons. The van der Waals surface area contributed by atoms with Crippen molar-refractivity contribution >= 4 is 27.7 Å². The summed E-state index contributed by atoms with van der Waals surface area (Å²) in [4.78, 5) is 6.05. The van der Waals surface area contributed by atoms with Crippen molar-refractivity contribution in [2.75, 3.05) is 25.4 Å². The maximum Gasteiger partial charge on any atom is 0.124 e.